The minimum atomic E-state index is -0.848. The smallest absolute Gasteiger partial charge is 0.112 e. The molecule has 0 aliphatic heterocycles. The molecule has 1 aromatic heterocycles. The van der Waals surface area contributed by atoms with Crippen molar-refractivity contribution in [1.82, 2.24) is 15.0 Å². The van der Waals surface area contributed by atoms with Gasteiger partial charge in [-0.2, -0.15) is 0 Å². The summed E-state index contributed by atoms with van der Waals surface area (Å²) in [6.07, 6.45) is 3.86. The summed E-state index contributed by atoms with van der Waals surface area (Å²) >= 11 is 3.48. The van der Waals surface area contributed by atoms with Crippen LogP contribution in [0.2, 0.25) is 0 Å². The molecule has 3 rings (SSSR count). The number of hydrogen-bond donors (Lipinski definition) is 1. The lowest BCUT2D eigenvalue weighted by Crippen LogP contribution is -2.35. The van der Waals surface area contributed by atoms with Gasteiger partial charge in [-0.15, -0.1) is 5.10 Å². The summed E-state index contributed by atoms with van der Waals surface area (Å²) in [4.78, 5) is 0. The van der Waals surface area contributed by atoms with Gasteiger partial charge >= 0.3 is 0 Å². The summed E-state index contributed by atoms with van der Waals surface area (Å²) in [7, 11) is 1.82. The summed E-state index contributed by atoms with van der Waals surface area (Å²) in [5.74, 6) is 0. The monoisotopic (exact) mass is 307 g/mol. The van der Waals surface area contributed by atoms with Crippen LogP contribution in [0.5, 0.6) is 0 Å². The molecule has 1 unspecified atom stereocenters. The summed E-state index contributed by atoms with van der Waals surface area (Å²) in [5.41, 5.74) is 2.45. The predicted octanol–water partition coefficient (Wildman–Crippen LogP) is 1.95. The maximum atomic E-state index is 10.8. The van der Waals surface area contributed by atoms with Crippen LogP contribution < -0.4 is 0 Å². The number of aliphatic hydroxyl groups is 1. The average molecular weight is 308 g/mol. The molecule has 1 aromatic carbocycles. The highest BCUT2D eigenvalue weighted by Gasteiger charge is 2.36. The van der Waals surface area contributed by atoms with E-state index in [2.05, 4.69) is 38.4 Å². The van der Waals surface area contributed by atoms with Crippen molar-refractivity contribution in [2.75, 3.05) is 0 Å². The van der Waals surface area contributed by atoms with Crippen LogP contribution >= 0.6 is 15.9 Å². The standard InChI is InChI=1S/C13H14BrN3O/c1-17-12(8-15-16-17)13(18)5-4-9-6-11(14)3-2-10(9)7-13/h2-3,6,8,18H,4-5,7H2,1H3. The lowest BCUT2D eigenvalue weighted by atomic mass is 9.79. The van der Waals surface area contributed by atoms with Crippen molar-refractivity contribution in [3.63, 3.8) is 0 Å². The van der Waals surface area contributed by atoms with E-state index in [1.165, 1.54) is 11.1 Å². The normalized spacial score (nSPS) is 22.8. The van der Waals surface area contributed by atoms with Gasteiger partial charge in [-0.25, -0.2) is 4.68 Å². The van der Waals surface area contributed by atoms with E-state index in [1.54, 1.807) is 10.9 Å². The van der Waals surface area contributed by atoms with Crippen molar-refractivity contribution < 1.29 is 5.11 Å². The molecule has 0 radical (unpaired) electrons. The first-order chi connectivity index (χ1) is 8.58. The van der Waals surface area contributed by atoms with Crippen LogP contribution in [-0.2, 0) is 25.5 Å². The second-order valence-corrected chi connectivity index (χ2v) is 5.78. The van der Waals surface area contributed by atoms with Crippen molar-refractivity contribution in [3.05, 3.63) is 45.7 Å². The third-order valence-corrected chi connectivity index (χ3v) is 4.14. The lowest BCUT2D eigenvalue weighted by Gasteiger charge is -2.33. The maximum absolute atomic E-state index is 10.8. The van der Waals surface area contributed by atoms with Crippen LogP contribution in [0, 0.1) is 0 Å². The number of aromatic nitrogens is 3. The molecule has 0 bridgehead atoms. The Morgan fingerprint density at radius 3 is 2.94 bits per heavy atom. The Morgan fingerprint density at radius 1 is 1.39 bits per heavy atom. The quantitative estimate of drug-likeness (QED) is 0.876. The fourth-order valence-corrected chi connectivity index (χ4v) is 3.08. The van der Waals surface area contributed by atoms with Crippen LogP contribution in [0.4, 0.5) is 0 Å². The van der Waals surface area contributed by atoms with Crippen molar-refractivity contribution in [1.29, 1.82) is 0 Å². The second kappa shape index (κ2) is 4.17. The summed E-state index contributed by atoms with van der Waals surface area (Å²) in [6.45, 7) is 0. The highest BCUT2D eigenvalue weighted by atomic mass is 79.9. The number of hydrogen-bond acceptors (Lipinski definition) is 3. The van der Waals surface area contributed by atoms with Crippen molar-refractivity contribution in [2.24, 2.45) is 7.05 Å². The third kappa shape index (κ3) is 1.87. The Balaban J connectivity index is 1.99. The molecular formula is C13H14BrN3O. The molecule has 0 fully saturated rings. The SMILES string of the molecule is Cn1nncc1C1(O)CCc2cc(Br)ccc2C1. The first-order valence-electron chi connectivity index (χ1n) is 5.93. The zero-order chi connectivity index (χ0) is 12.8. The molecule has 18 heavy (non-hydrogen) atoms. The largest absolute Gasteiger partial charge is 0.383 e. The average Bonchev–Trinajstić information content (AvgIpc) is 2.77. The number of fused-ring (bicyclic) bond motifs is 1. The van der Waals surface area contributed by atoms with Crippen molar-refractivity contribution in [3.8, 4) is 0 Å². The van der Waals surface area contributed by atoms with Gasteiger partial charge in [0.2, 0.25) is 0 Å². The summed E-state index contributed by atoms with van der Waals surface area (Å²) < 4.78 is 2.75. The van der Waals surface area contributed by atoms with E-state index in [9.17, 15) is 5.11 Å². The minimum Gasteiger partial charge on any atom is -0.383 e. The number of aryl methyl sites for hydroxylation is 2. The van der Waals surface area contributed by atoms with E-state index in [4.69, 9.17) is 0 Å². The van der Waals surface area contributed by atoms with Gasteiger partial charge < -0.3 is 5.11 Å². The molecule has 2 aromatic rings. The Kier molecular flexibility index (Phi) is 2.75. The van der Waals surface area contributed by atoms with Crippen LogP contribution in [0.3, 0.4) is 0 Å². The molecule has 4 nitrogen and oxygen atoms in total. The van der Waals surface area contributed by atoms with E-state index in [0.717, 1.165) is 16.6 Å². The topological polar surface area (TPSA) is 50.9 Å². The highest BCUT2D eigenvalue weighted by molar-refractivity contribution is 9.10. The Morgan fingerprint density at radius 2 is 2.22 bits per heavy atom. The number of nitrogens with zero attached hydrogens (tertiary/aromatic N) is 3. The number of benzene rings is 1. The summed E-state index contributed by atoms with van der Waals surface area (Å²) in [5, 5.41) is 18.6. The Bertz CT molecular complexity index is 596. The fourth-order valence-electron chi connectivity index (χ4n) is 2.67. The zero-order valence-electron chi connectivity index (χ0n) is 10.1. The van der Waals surface area contributed by atoms with Crippen LogP contribution in [-0.4, -0.2) is 20.1 Å². The molecule has 1 atom stereocenters. The molecule has 1 aliphatic rings. The highest BCUT2D eigenvalue weighted by Crippen LogP contribution is 2.36. The van der Waals surface area contributed by atoms with Gasteiger partial charge in [0.05, 0.1) is 11.9 Å². The molecule has 1 aliphatic carbocycles. The fraction of sp³-hybridized carbons (Fsp3) is 0.385. The summed E-state index contributed by atoms with van der Waals surface area (Å²) in [6, 6.07) is 6.23. The number of halogens is 1. The van der Waals surface area contributed by atoms with Gasteiger partial charge in [0, 0.05) is 17.9 Å². The Labute approximate surface area is 114 Å². The number of rotatable bonds is 1. The maximum Gasteiger partial charge on any atom is 0.112 e. The molecule has 0 saturated heterocycles. The first-order valence-corrected chi connectivity index (χ1v) is 6.73. The van der Waals surface area contributed by atoms with Gasteiger partial charge in [-0.05, 0) is 36.1 Å². The molecule has 0 spiro atoms. The predicted molar refractivity (Wildman–Crippen MR) is 71.1 cm³/mol. The van der Waals surface area contributed by atoms with E-state index in [-0.39, 0.29) is 0 Å². The van der Waals surface area contributed by atoms with E-state index in [1.807, 2.05) is 13.1 Å². The lowest BCUT2D eigenvalue weighted by molar-refractivity contribution is 0.0143. The van der Waals surface area contributed by atoms with Crippen LogP contribution in [0.1, 0.15) is 23.2 Å². The molecule has 94 valence electrons. The van der Waals surface area contributed by atoms with Gasteiger partial charge in [0.1, 0.15) is 5.60 Å². The molecule has 1 heterocycles. The first kappa shape index (κ1) is 11.9. The van der Waals surface area contributed by atoms with E-state index >= 15 is 0 Å². The zero-order valence-corrected chi connectivity index (χ0v) is 11.7. The van der Waals surface area contributed by atoms with E-state index < -0.39 is 5.60 Å². The van der Waals surface area contributed by atoms with Crippen molar-refractivity contribution in [2.45, 2.75) is 24.9 Å². The molecule has 1 N–H and O–H groups in total. The van der Waals surface area contributed by atoms with Gasteiger partial charge in [-0.3, -0.25) is 0 Å². The minimum absolute atomic E-state index is 0.622. The van der Waals surface area contributed by atoms with Gasteiger partial charge in [0.15, 0.2) is 0 Å². The second-order valence-electron chi connectivity index (χ2n) is 4.86. The van der Waals surface area contributed by atoms with E-state index in [0.29, 0.717) is 12.8 Å². The van der Waals surface area contributed by atoms with Crippen LogP contribution in [0.15, 0.2) is 28.9 Å². The van der Waals surface area contributed by atoms with Crippen molar-refractivity contribution >= 4 is 15.9 Å². The van der Waals surface area contributed by atoms with Gasteiger partial charge in [0.25, 0.3) is 0 Å². The molecule has 5 heteroatoms. The molecule has 0 saturated carbocycles. The van der Waals surface area contributed by atoms with Gasteiger partial charge in [-0.1, -0.05) is 27.2 Å². The molecule has 0 amide bonds. The van der Waals surface area contributed by atoms with Crippen LogP contribution in [0.25, 0.3) is 0 Å². The Hall–Kier alpha value is -1.20. The third-order valence-electron chi connectivity index (χ3n) is 3.65. The molecular weight excluding hydrogens is 294 g/mol.